The number of fused-ring (bicyclic) bond motifs is 1. The molecule has 2 aromatic rings. The Morgan fingerprint density at radius 3 is 2.55 bits per heavy atom. The average molecular weight is 169 g/mol. The predicted octanol–water partition coefficient (Wildman–Crippen LogP) is 1.94. The summed E-state index contributed by atoms with van der Waals surface area (Å²) in [6.45, 7) is 0. The number of hydrogen-bond acceptors (Lipinski definition) is 1. The molecular formula is C8H9ClN2. The Morgan fingerprint density at radius 1 is 1.09 bits per heavy atom. The van der Waals surface area contributed by atoms with Crippen LogP contribution < -0.4 is 5.73 Å². The number of nitrogens with two attached hydrogens (primary N) is 1. The second kappa shape index (κ2) is 2.84. The van der Waals surface area contributed by atoms with Crippen LogP contribution in [0.2, 0.25) is 0 Å². The number of rotatable bonds is 0. The van der Waals surface area contributed by atoms with Gasteiger partial charge >= 0.3 is 0 Å². The maximum atomic E-state index is 5.66. The van der Waals surface area contributed by atoms with Crippen LogP contribution in [0.5, 0.6) is 0 Å². The standard InChI is InChI=1S/C8H8N2.ClH/c9-8-5-1-3-7-4-2-6-10(7)8;/h1-6H,9H2;1H. The van der Waals surface area contributed by atoms with E-state index in [0.717, 1.165) is 11.3 Å². The van der Waals surface area contributed by atoms with Gasteiger partial charge in [-0.05, 0) is 24.3 Å². The topological polar surface area (TPSA) is 30.4 Å². The van der Waals surface area contributed by atoms with Gasteiger partial charge in [0.1, 0.15) is 5.82 Å². The van der Waals surface area contributed by atoms with E-state index in [1.165, 1.54) is 0 Å². The van der Waals surface area contributed by atoms with Crippen molar-refractivity contribution in [2.24, 2.45) is 0 Å². The van der Waals surface area contributed by atoms with Crippen LogP contribution in [0.15, 0.2) is 36.5 Å². The molecule has 0 fully saturated rings. The van der Waals surface area contributed by atoms with Gasteiger partial charge in [-0.15, -0.1) is 12.4 Å². The minimum Gasteiger partial charge on any atom is -0.385 e. The molecule has 0 aromatic carbocycles. The number of nitrogens with zero attached hydrogens (tertiary/aromatic N) is 1. The fourth-order valence-electron chi connectivity index (χ4n) is 1.09. The van der Waals surface area contributed by atoms with Crippen molar-refractivity contribution < 1.29 is 0 Å². The highest BCUT2D eigenvalue weighted by molar-refractivity contribution is 5.85. The molecule has 0 radical (unpaired) electrons. The van der Waals surface area contributed by atoms with Crippen LogP contribution >= 0.6 is 12.4 Å². The molecule has 0 saturated heterocycles. The van der Waals surface area contributed by atoms with E-state index < -0.39 is 0 Å². The van der Waals surface area contributed by atoms with E-state index >= 15 is 0 Å². The van der Waals surface area contributed by atoms with Crippen molar-refractivity contribution in [2.75, 3.05) is 5.73 Å². The highest BCUT2D eigenvalue weighted by Gasteiger charge is 1.91. The Hall–Kier alpha value is -1.15. The normalized spacial score (nSPS) is 9.45. The van der Waals surface area contributed by atoms with Crippen LogP contribution in [0.4, 0.5) is 5.82 Å². The molecule has 11 heavy (non-hydrogen) atoms. The first kappa shape index (κ1) is 7.95. The lowest BCUT2D eigenvalue weighted by Crippen LogP contribution is -1.92. The lowest BCUT2D eigenvalue weighted by atomic mass is 10.4. The van der Waals surface area contributed by atoms with Crippen molar-refractivity contribution in [2.45, 2.75) is 0 Å². The van der Waals surface area contributed by atoms with Gasteiger partial charge in [-0.2, -0.15) is 0 Å². The van der Waals surface area contributed by atoms with E-state index in [1.807, 2.05) is 40.9 Å². The number of anilines is 1. The summed E-state index contributed by atoms with van der Waals surface area (Å²) in [7, 11) is 0. The second-order valence-corrected chi connectivity index (χ2v) is 2.25. The zero-order valence-corrected chi connectivity index (χ0v) is 6.71. The van der Waals surface area contributed by atoms with Gasteiger partial charge in [-0.1, -0.05) is 6.07 Å². The summed E-state index contributed by atoms with van der Waals surface area (Å²) < 4.78 is 1.94. The molecule has 2 nitrogen and oxygen atoms in total. The number of halogens is 1. The summed E-state index contributed by atoms with van der Waals surface area (Å²) in [6.07, 6.45) is 1.95. The molecule has 0 atom stereocenters. The first-order valence-electron chi connectivity index (χ1n) is 3.19. The van der Waals surface area contributed by atoms with Crippen LogP contribution in [0.25, 0.3) is 5.52 Å². The maximum absolute atomic E-state index is 5.66. The smallest absolute Gasteiger partial charge is 0.107 e. The van der Waals surface area contributed by atoms with Gasteiger partial charge < -0.3 is 10.1 Å². The van der Waals surface area contributed by atoms with Crippen LogP contribution in [-0.4, -0.2) is 4.40 Å². The molecule has 2 N–H and O–H groups in total. The Morgan fingerprint density at radius 2 is 1.82 bits per heavy atom. The molecule has 0 bridgehead atoms. The predicted molar refractivity (Wildman–Crippen MR) is 49.1 cm³/mol. The first-order valence-corrected chi connectivity index (χ1v) is 3.19. The molecule has 3 heteroatoms. The van der Waals surface area contributed by atoms with E-state index in [2.05, 4.69) is 0 Å². The minimum atomic E-state index is 0. The van der Waals surface area contributed by atoms with Gasteiger partial charge in [-0.25, -0.2) is 0 Å². The van der Waals surface area contributed by atoms with Crippen molar-refractivity contribution in [1.29, 1.82) is 0 Å². The van der Waals surface area contributed by atoms with Gasteiger partial charge in [0.05, 0.1) is 0 Å². The molecule has 0 saturated carbocycles. The summed E-state index contributed by atoms with van der Waals surface area (Å²) in [5.41, 5.74) is 6.80. The van der Waals surface area contributed by atoms with Crippen LogP contribution in [0, 0.1) is 0 Å². The number of aromatic nitrogens is 1. The monoisotopic (exact) mass is 168 g/mol. The lowest BCUT2D eigenvalue weighted by Gasteiger charge is -1.97. The molecule has 0 aliphatic rings. The van der Waals surface area contributed by atoms with E-state index in [-0.39, 0.29) is 12.4 Å². The zero-order chi connectivity index (χ0) is 6.97. The number of nitrogen functional groups attached to an aromatic ring is 1. The van der Waals surface area contributed by atoms with Crippen LogP contribution in [0.3, 0.4) is 0 Å². The summed E-state index contributed by atoms with van der Waals surface area (Å²) in [4.78, 5) is 0. The van der Waals surface area contributed by atoms with E-state index in [1.54, 1.807) is 0 Å². The molecule has 2 aromatic heterocycles. The van der Waals surface area contributed by atoms with E-state index in [4.69, 9.17) is 5.73 Å². The molecule has 0 unspecified atom stereocenters. The molecule has 2 rings (SSSR count). The number of hydrogen-bond donors (Lipinski definition) is 1. The Labute approximate surface area is 71.0 Å². The largest absolute Gasteiger partial charge is 0.385 e. The highest BCUT2D eigenvalue weighted by Crippen LogP contribution is 2.08. The van der Waals surface area contributed by atoms with Crippen molar-refractivity contribution in [3.8, 4) is 0 Å². The van der Waals surface area contributed by atoms with Gasteiger partial charge in [0.25, 0.3) is 0 Å². The lowest BCUT2D eigenvalue weighted by molar-refractivity contribution is 1.21. The van der Waals surface area contributed by atoms with Crippen molar-refractivity contribution >= 4 is 23.7 Å². The van der Waals surface area contributed by atoms with Crippen LogP contribution in [-0.2, 0) is 0 Å². The third kappa shape index (κ3) is 1.17. The average Bonchev–Trinajstić information content (AvgIpc) is 2.36. The molecule has 58 valence electrons. The first-order chi connectivity index (χ1) is 4.88. The van der Waals surface area contributed by atoms with Gasteiger partial charge in [0, 0.05) is 11.7 Å². The summed E-state index contributed by atoms with van der Waals surface area (Å²) >= 11 is 0. The zero-order valence-electron chi connectivity index (χ0n) is 5.90. The second-order valence-electron chi connectivity index (χ2n) is 2.25. The van der Waals surface area contributed by atoms with Gasteiger partial charge in [0.15, 0.2) is 0 Å². The summed E-state index contributed by atoms with van der Waals surface area (Å²) in [6, 6.07) is 9.86. The molecule has 2 heterocycles. The molecule has 0 spiro atoms. The third-order valence-electron chi connectivity index (χ3n) is 1.59. The van der Waals surface area contributed by atoms with Crippen molar-refractivity contribution in [1.82, 2.24) is 4.40 Å². The van der Waals surface area contributed by atoms with E-state index in [0.29, 0.717) is 0 Å². The summed E-state index contributed by atoms with van der Waals surface area (Å²) in [5, 5.41) is 0. The molecule has 0 aliphatic carbocycles. The Kier molecular flexibility index (Phi) is 2.06. The number of pyridine rings is 1. The SMILES string of the molecule is Cl.Nc1cccc2cccn12. The third-order valence-corrected chi connectivity index (χ3v) is 1.59. The fraction of sp³-hybridized carbons (Fsp3) is 0. The molecular weight excluding hydrogens is 160 g/mol. The van der Waals surface area contributed by atoms with Gasteiger partial charge in [0.2, 0.25) is 0 Å². The fourth-order valence-corrected chi connectivity index (χ4v) is 1.09. The van der Waals surface area contributed by atoms with Crippen molar-refractivity contribution in [3.05, 3.63) is 36.5 Å². The minimum absolute atomic E-state index is 0. The van der Waals surface area contributed by atoms with Gasteiger partial charge in [-0.3, -0.25) is 0 Å². The molecule has 0 aliphatic heterocycles. The van der Waals surface area contributed by atoms with Crippen molar-refractivity contribution in [3.63, 3.8) is 0 Å². The quantitative estimate of drug-likeness (QED) is 0.641. The molecule has 0 amide bonds. The van der Waals surface area contributed by atoms with E-state index in [9.17, 15) is 0 Å². The summed E-state index contributed by atoms with van der Waals surface area (Å²) in [5.74, 6) is 0.780. The van der Waals surface area contributed by atoms with Crippen LogP contribution in [0.1, 0.15) is 0 Å². The highest BCUT2D eigenvalue weighted by atomic mass is 35.5. The Bertz CT molecular complexity index is 354. The Balaban J connectivity index is 0.000000605. The maximum Gasteiger partial charge on any atom is 0.107 e.